The summed E-state index contributed by atoms with van der Waals surface area (Å²) in [6, 6.07) is 4.44. The molecule has 90 valence electrons. The van der Waals surface area contributed by atoms with Crippen LogP contribution in [0.1, 0.15) is 44.5 Å². The highest BCUT2D eigenvalue weighted by molar-refractivity contribution is 5.85. The lowest BCUT2D eigenvalue weighted by Crippen LogP contribution is -2.11. The molecule has 2 nitrogen and oxygen atoms in total. The second kappa shape index (κ2) is 3.34. The van der Waals surface area contributed by atoms with Crippen LogP contribution in [0.15, 0.2) is 16.7 Å². The Hall–Kier alpha value is -1.31. The summed E-state index contributed by atoms with van der Waals surface area (Å²) in [5.74, 6) is 0.735. The SMILES string of the molecule is CC1Cc2ccc3c(C(C)(C)C)noc3c2C1. The van der Waals surface area contributed by atoms with Crippen LogP contribution in [0.3, 0.4) is 0 Å². The second-order valence-corrected chi connectivity index (χ2v) is 6.37. The molecule has 2 heteroatoms. The minimum atomic E-state index is 0.0453. The van der Waals surface area contributed by atoms with Gasteiger partial charge in [-0.15, -0.1) is 0 Å². The Balaban J connectivity index is 2.25. The van der Waals surface area contributed by atoms with E-state index in [-0.39, 0.29) is 5.41 Å². The van der Waals surface area contributed by atoms with Crippen LogP contribution >= 0.6 is 0 Å². The first-order chi connectivity index (χ1) is 7.97. The average Bonchev–Trinajstić information content (AvgIpc) is 2.76. The first-order valence-electron chi connectivity index (χ1n) is 6.37. The lowest BCUT2D eigenvalue weighted by Gasteiger charge is -2.14. The van der Waals surface area contributed by atoms with E-state index in [4.69, 9.17) is 4.52 Å². The van der Waals surface area contributed by atoms with Crippen LogP contribution in [-0.4, -0.2) is 5.16 Å². The summed E-state index contributed by atoms with van der Waals surface area (Å²) < 4.78 is 5.62. The Morgan fingerprint density at radius 1 is 1.24 bits per heavy atom. The van der Waals surface area contributed by atoms with Crippen LogP contribution in [0.4, 0.5) is 0 Å². The zero-order valence-electron chi connectivity index (χ0n) is 11.0. The number of aromatic nitrogens is 1. The average molecular weight is 229 g/mol. The standard InChI is InChI=1S/C15H19NO/c1-9-7-10-5-6-11-13(12(10)8-9)17-16-14(11)15(2,3)4/h5-6,9H,7-8H2,1-4H3. The molecule has 1 aromatic heterocycles. The summed E-state index contributed by atoms with van der Waals surface area (Å²) in [5.41, 5.74) is 4.98. The molecule has 0 spiro atoms. The molecule has 1 aliphatic rings. The van der Waals surface area contributed by atoms with Crippen molar-refractivity contribution in [3.63, 3.8) is 0 Å². The van der Waals surface area contributed by atoms with E-state index >= 15 is 0 Å². The first-order valence-corrected chi connectivity index (χ1v) is 6.37. The van der Waals surface area contributed by atoms with Gasteiger partial charge in [0.05, 0.1) is 5.69 Å². The monoisotopic (exact) mass is 229 g/mol. The van der Waals surface area contributed by atoms with Crippen molar-refractivity contribution >= 4 is 11.0 Å². The third-order valence-corrected chi connectivity index (χ3v) is 3.67. The van der Waals surface area contributed by atoms with Crippen molar-refractivity contribution in [1.82, 2.24) is 5.16 Å². The molecular weight excluding hydrogens is 210 g/mol. The van der Waals surface area contributed by atoms with E-state index in [0.717, 1.165) is 23.6 Å². The van der Waals surface area contributed by atoms with Crippen molar-refractivity contribution in [1.29, 1.82) is 0 Å². The molecule has 1 heterocycles. The van der Waals surface area contributed by atoms with E-state index in [1.165, 1.54) is 22.9 Å². The van der Waals surface area contributed by atoms with Crippen LogP contribution in [-0.2, 0) is 18.3 Å². The quantitative estimate of drug-likeness (QED) is 0.685. The van der Waals surface area contributed by atoms with E-state index < -0.39 is 0 Å². The lowest BCUT2D eigenvalue weighted by atomic mass is 9.89. The summed E-state index contributed by atoms with van der Waals surface area (Å²) in [4.78, 5) is 0. The van der Waals surface area contributed by atoms with Crippen LogP contribution < -0.4 is 0 Å². The fourth-order valence-electron chi connectivity index (χ4n) is 2.85. The van der Waals surface area contributed by atoms with Gasteiger partial charge in [-0.3, -0.25) is 0 Å². The van der Waals surface area contributed by atoms with Crippen molar-refractivity contribution in [3.05, 3.63) is 29.0 Å². The maximum atomic E-state index is 5.62. The molecule has 1 aromatic carbocycles. The van der Waals surface area contributed by atoms with Crippen LogP contribution in [0.5, 0.6) is 0 Å². The van der Waals surface area contributed by atoms with Gasteiger partial charge in [-0.2, -0.15) is 0 Å². The van der Waals surface area contributed by atoms with Gasteiger partial charge in [0.2, 0.25) is 0 Å². The Kier molecular flexibility index (Phi) is 2.13. The van der Waals surface area contributed by atoms with Gasteiger partial charge in [-0.05, 0) is 30.4 Å². The van der Waals surface area contributed by atoms with Crippen LogP contribution in [0.25, 0.3) is 11.0 Å². The smallest absolute Gasteiger partial charge is 0.170 e. The minimum Gasteiger partial charge on any atom is -0.356 e. The fraction of sp³-hybridized carbons (Fsp3) is 0.533. The van der Waals surface area contributed by atoms with Crippen molar-refractivity contribution < 1.29 is 4.52 Å². The Morgan fingerprint density at radius 2 is 2.00 bits per heavy atom. The van der Waals surface area contributed by atoms with Crippen LogP contribution in [0.2, 0.25) is 0 Å². The number of hydrogen-bond acceptors (Lipinski definition) is 2. The van der Waals surface area contributed by atoms with E-state index in [1.807, 2.05) is 0 Å². The lowest BCUT2D eigenvalue weighted by molar-refractivity contribution is 0.418. The molecule has 0 amide bonds. The third-order valence-electron chi connectivity index (χ3n) is 3.67. The zero-order chi connectivity index (χ0) is 12.2. The number of rotatable bonds is 0. The number of nitrogens with zero attached hydrogens (tertiary/aromatic N) is 1. The molecule has 0 N–H and O–H groups in total. The molecule has 0 fully saturated rings. The molecule has 1 aliphatic carbocycles. The highest BCUT2D eigenvalue weighted by atomic mass is 16.5. The molecule has 0 saturated carbocycles. The van der Waals surface area contributed by atoms with Crippen molar-refractivity contribution in [3.8, 4) is 0 Å². The highest BCUT2D eigenvalue weighted by Gasteiger charge is 2.27. The van der Waals surface area contributed by atoms with Gasteiger partial charge in [0.15, 0.2) is 5.58 Å². The second-order valence-electron chi connectivity index (χ2n) is 6.37. The maximum absolute atomic E-state index is 5.62. The Labute approximate surface area is 102 Å². The molecular formula is C15H19NO. The summed E-state index contributed by atoms with van der Waals surface area (Å²) in [6.07, 6.45) is 2.31. The topological polar surface area (TPSA) is 26.0 Å². The van der Waals surface area contributed by atoms with Crippen molar-refractivity contribution in [2.75, 3.05) is 0 Å². The Morgan fingerprint density at radius 3 is 2.71 bits per heavy atom. The zero-order valence-corrected chi connectivity index (χ0v) is 11.0. The summed E-state index contributed by atoms with van der Waals surface area (Å²) in [6.45, 7) is 8.84. The van der Waals surface area contributed by atoms with Crippen molar-refractivity contribution in [2.24, 2.45) is 5.92 Å². The van der Waals surface area contributed by atoms with E-state index in [2.05, 4.69) is 45.0 Å². The highest BCUT2D eigenvalue weighted by Crippen LogP contribution is 2.36. The van der Waals surface area contributed by atoms with Gasteiger partial charge in [0.25, 0.3) is 0 Å². The normalized spacial score (nSPS) is 19.9. The number of benzene rings is 1. The summed E-state index contributed by atoms with van der Waals surface area (Å²) in [7, 11) is 0. The molecule has 3 rings (SSSR count). The molecule has 1 unspecified atom stereocenters. The van der Waals surface area contributed by atoms with Gasteiger partial charge in [0.1, 0.15) is 0 Å². The van der Waals surface area contributed by atoms with Gasteiger partial charge in [-0.25, -0.2) is 0 Å². The maximum Gasteiger partial charge on any atom is 0.170 e. The summed E-state index contributed by atoms with van der Waals surface area (Å²) in [5, 5.41) is 5.49. The summed E-state index contributed by atoms with van der Waals surface area (Å²) >= 11 is 0. The Bertz CT molecular complexity index is 574. The van der Waals surface area contributed by atoms with Gasteiger partial charge < -0.3 is 4.52 Å². The molecule has 0 bridgehead atoms. The third kappa shape index (κ3) is 1.58. The van der Waals surface area contributed by atoms with E-state index in [0.29, 0.717) is 0 Å². The molecule has 0 radical (unpaired) electrons. The molecule has 1 atom stereocenters. The molecule has 0 aliphatic heterocycles. The number of fused-ring (bicyclic) bond motifs is 3. The molecule has 2 aromatic rings. The predicted molar refractivity (Wildman–Crippen MR) is 69.3 cm³/mol. The number of hydrogen-bond donors (Lipinski definition) is 0. The molecule has 0 saturated heterocycles. The molecule has 17 heavy (non-hydrogen) atoms. The predicted octanol–water partition coefficient (Wildman–Crippen LogP) is 3.86. The van der Waals surface area contributed by atoms with Crippen molar-refractivity contribution in [2.45, 2.75) is 46.0 Å². The van der Waals surface area contributed by atoms with E-state index in [9.17, 15) is 0 Å². The van der Waals surface area contributed by atoms with Gasteiger partial charge in [0, 0.05) is 16.4 Å². The van der Waals surface area contributed by atoms with Gasteiger partial charge >= 0.3 is 0 Å². The first kappa shape index (κ1) is 10.8. The largest absolute Gasteiger partial charge is 0.356 e. The van der Waals surface area contributed by atoms with Crippen LogP contribution in [0, 0.1) is 5.92 Å². The van der Waals surface area contributed by atoms with E-state index in [1.54, 1.807) is 0 Å². The fourth-order valence-corrected chi connectivity index (χ4v) is 2.85. The van der Waals surface area contributed by atoms with Gasteiger partial charge in [-0.1, -0.05) is 38.9 Å². The minimum absolute atomic E-state index is 0.0453.